The van der Waals surface area contributed by atoms with Crippen molar-refractivity contribution in [2.75, 3.05) is 13.2 Å². The SMILES string of the molecule is O=C(NC1CC1)c1ccc(CN(C(=O)C2CCOCC2)C2CC2)cc1. The molecule has 1 heterocycles. The zero-order valence-electron chi connectivity index (χ0n) is 14.6. The maximum atomic E-state index is 12.9. The Bertz CT molecular complexity index is 629. The number of amides is 2. The average Bonchev–Trinajstić information content (AvgIpc) is 3.54. The minimum Gasteiger partial charge on any atom is -0.381 e. The number of hydrogen-bond donors (Lipinski definition) is 1. The van der Waals surface area contributed by atoms with Crippen molar-refractivity contribution in [1.82, 2.24) is 10.2 Å². The lowest BCUT2D eigenvalue weighted by Gasteiger charge is -2.29. The zero-order valence-corrected chi connectivity index (χ0v) is 14.6. The van der Waals surface area contributed by atoms with Crippen molar-refractivity contribution >= 4 is 11.8 Å². The summed E-state index contributed by atoms with van der Waals surface area (Å²) in [6.07, 6.45) is 6.07. The third-order valence-electron chi connectivity index (χ3n) is 5.32. The van der Waals surface area contributed by atoms with Gasteiger partial charge in [-0.2, -0.15) is 0 Å². The van der Waals surface area contributed by atoms with Gasteiger partial charge in [0.25, 0.3) is 5.91 Å². The van der Waals surface area contributed by atoms with Crippen LogP contribution in [0.25, 0.3) is 0 Å². The van der Waals surface area contributed by atoms with E-state index in [0.717, 1.165) is 44.1 Å². The molecule has 5 nitrogen and oxygen atoms in total. The maximum Gasteiger partial charge on any atom is 0.251 e. The van der Waals surface area contributed by atoms with Crippen LogP contribution in [0.4, 0.5) is 0 Å². The van der Waals surface area contributed by atoms with Crippen molar-refractivity contribution < 1.29 is 14.3 Å². The topological polar surface area (TPSA) is 58.6 Å². The number of carbonyl (C=O) groups is 2. The van der Waals surface area contributed by atoms with Crippen LogP contribution in [-0.2, 0) is 16.1 Å². The van der Waals surface area contributed by atoms with E-state index in [4.69, 9.17) is 4.74 Å². The summed E-state index contributed by atoms with van der Waals surface area (Å²) in [7, 11) is 0. The summed E-state index contributed by atoms with van der Waals surface area (Å²) in [6.45, 7) is 2.03. The summed E-state index contributed by atoms with van der Waals surface area (Å²) < 4.78 is 5.38. The molecule has 0 aromatic heterocycles. The zero-order chi connectivity index (χ0) is 17.2. The minimum atomic E-state index is 0.00591. The Labute approximate surface area is 148 Å². The largest absolute Gasteiger partial charge is 0.381 e. The predicted molar refractivity (Wildman–Crippen MR) is 94.0 cm³/mol. The first kappa shape index (κ1) is 16.6. The van der Waals surface area contributed by atoms with E-state index < -0.39 is 0 Å². The fourth-order valence-electron chi connectivity index (χ4n) is 3.41. The number of nitrogens with one attached hydrogen (secondary N) is 1. The maximum absolute atomic E-state index is 12.9. The van der Waals surface area contributed by atoms with Crippen molar-refractivity contribution in [2.45, 2.75) is 57.2 Å². The Morgan fingerprint density at radius 3 is 2.28 bits per heavy atom. The van der Waals surface area contributed by atoms with Gasteiger partial charge in [-0.15, -0.1) is 0 Å². The van der Waals surface area contributed by atoms with E-state index in [2.05, 4.69) is 10.2 Å². The lowest BCUT2D eigenvalue weighted by Crippen LogP contribution is -2.39. The molecular weight excluding hydrogens is 316 g/mol. The van der Waals surface area contributed by atoms with Crippen molar-refractivity contribution in [3.63, 3.8) is 0 Å². The third kappa shape index (κ3) is 4.21. The van der Waals surface area contributed by atoms with Crippen molar-refractivity contribution in [2.24, 2.45) is 5.92 Å². The molecule has 0 unspecified atom stereocenters. The molecule has 2 saturated carbocycles. The molecule has 25 heavy (non-hydrogen) atoms. The first-order valence-electron chi connectivity index (χ1n) is 9.49. The summed E-state index contributed by atoms with van der Waals surface area (Å²) in [5, 5.41) is 3.00. The Morgan fingerprint density at radius 1 is 1.00 bits per heavy atom. The third-order valence-corrected chi connectivity index (χ3v) is 5.32. The molecule has 2 amide bonds. The van der Waals surface area contributed by atoms with E-state index in [0.29, 0.717) is 37.4 Å². The molecule has 3 fully saturated rings. The van der Waals surface area contributed by atoms with Gasteiger partial charge in [0.1, 0.15) is 0 Å². The number of nitrogens with zero attached hydrogens (tertiary/aromatic N) is 1. The van der Waals surface area contributed by atoms with Crippen LogP contribution >= 0.6 is 0 Å². The fourth-order valence-corrected chi connectivity index (χ4v) is 3.41. The Morgan fingerprint density at radius 2 is 1.68 bits per heavy atom. The molecule has 0 radical (unpaired) electrons. The van der Waals surface area contributed by atoms with E-state index in [1.165, 1.54) is 0 Å². The van der Waals surface area contributed by atoms with Crippen LogP contribution in [-0.4, -0.2) is 42.0 Å². The number of rotatable bonds is 6. The van der Waals surface area contributed by atoms with Gasteiger partial charge < -0.3 is 15.0 Å². The molecule has 1 N–H and O–H groups in total. The van der Waals surface area contributed by atoms with E-state index in [9.17, 15) is 9.59 Å². The molecule has 1 aromatic carbocycles. The molecule has 0 bridgehead atoms. The number of hydrogen-bond acceptors (Lipinski definition) is 3. The molecular formula is C20H26N2O3. The second kappa shape index (κ2) is 7.16. The van der Waals surface area contributed by atoms with Crippen LogP contribution in [0.2, 0.25) is 0 Å². The van der Waals surface area contributed by atoms with Crippen LogP contribution in [0, 0.1) is 5.92 Å². The van der Waals surface area contributed by atoms with Gasteiger partial charge in [-0.05, 0) is 56.2 Å². The van der Waals surface area contributed by atoms with Gasteiger partial charge in [-0.1, -0.05) is 12.1 Å². The first-order chi connectivity index (χ1) is 12.2. The summed E-state index contributed by atoms with van der Waals surface area (Å²) >= 11 is 0. The lowest BCUT2D eigenvalue weighted by molar-refractivity contribution is -0.139. The Balaban J connectivity index is 1.39. The number of benzene rings is 1. The minimum absolute atomic E-state index is 0.00591. The smallest absolute Gasteiger partial charge is 0.251 e. The monoisotopic (exact) mass is 342 g/mol. The van der Waals surface area contributed by atoms with E-state index in [1.807, 2.05) is 24.3 Å². The molecule has 5 heteroatoms. The van der Waals surface area contributed by atoms with Crippen LogP contribution in [0.5, 0.6) is 0 Å². The number of ether oxygens (including phenoxy) is 1. The molecule has 0 atom stereocenters. The van der Waals surface area contributed by atoms with Gasteiger partial charge in [0, 0.05) is 43.3 Å². The van der Waals surface area contributed by atoms with Gasteiger partial charge in [0.2, 0.25) is 5.91 Å². The molecule has 4 rings (SSSR count). The molecule has 1 aromatic rings. The highest BCUT2D eigenvalue weighted by Crippen LogP contribution is 2.31. The van der Waals surface area contributed by atoms with Crippen LogP contribution in [0.15, 0.2) is 24.3 Å². The second-order valence-corrected chi connectivity index (χ2v) is 7.53. The Hall–Kier alpha value is -1.88. The molecule has 2 aliphatic carbocycles. The average molecular weight is 342 g/mol. The van der Waals surface area contributed by atoms with Crippen molar-refractivity contribution in [3.8, 4) is 0 Å². The quantitative estimate of drug-likeness (QED) is 0.864. The molecule has 3 aliphatic rings. The molecule has 0 spiro atoms. The van der Waals surface area contributed by atoms with Gasteiger partial charge in [0.05, 0.1) is 0 Å². The summed E-state index contributed by atoms with van der Waals surface area (Å²) in [4.78, 5) is 27.0. The van der Waals surface area contributed by atoms with Crippen molar-refractivity contribution in [3.05, 3.63) is 35.4 Å². The standard InChI is InChI=1S/C20H26N2O3/c23-19(21-17-5-6-17)15-3-1-14(2-4-15)13-22(18-7-8-18)20(24)16-9-11-25-12-10-16/h1-4,16-18H,5-13H2,(H,21,23). The van der Waals surface area contributed by atoms with Gasteiger partial charge in [-0.3, -0.25) is 9.59 Å². The summed E-state index contributed by atoms with van der Waals surface area (Å²) in [6, 6.07) is 8.47. The van der Waals surface area contributed by atoms with Crippen molar-refractivity contribution in [1.29, 1.82) is 0 Å². The van der Waals surface area contributed by atoms with Gasteiger partial charge in [0.15, 0.2) is 0 Å². The summed E-state index contributed by atoms with van der Waals surface area (Å²) in [5.41, 5.74) is 1.79. The van der Waals surface area contributed by atoms with E-state index in [1.54, 1.807) is 0 Å². The molecule has 1 saturated heterocycles. The van der Waals surface area contributed by atoms with Gasteiger partial charge >= 0.3 is 0 Å². The van der Waals surface area contributed by atoms with Crippen LogP contribution < -0.4 is 5.32 Å². The molecule has 1 aliphatic heterocycles. The predicted octanol–water partition coefficient (Wildman–Crippen LogP) is 2.50. The first-order valence-corrected chi connectivity index (χ1v) is 9.49. The fraction of sp³-hybridized carbons (Fsp3) is 0.600. The van der Waals surface area contributed by atoms with Gasteiger partial charge in [-0.25, -0.2) is 0 Å². The lowest BCUT2D eigenvalue weighted by atomic mass is 9.98. The van der Waals surface area contributed by atoms with E-state index in [-0.39, 0.29) is 17.7 Å². The van der Waals surface area contributed by atoms with Crippen LogP contribution in [0.1, 0.15) is 54.4 Å². The highest BCUT2D eigenvalue weighted by molar-refractivity contribution is 5.94. The normalized spacial score (nSPS) is 21.0. The number of carbonyl (C=O) groups excluding carboxylic acids is 2. The second-order valence-electron chi connectivity index (χ2n) is 7.53. The van der Waals surface area contributed by atoms with Crippen LogP contribution in [0.3, 0.4) is 0 Å². The highest BCUT2D eigenvalue weighted by Gasteiger charge is 2.36. The Kier molecular flexibility index (Phi) is 4.75. The highest BCUT2D eigenvalue weighted by atomic mass is 16.5. The molecule has 134 valence electrons. The van der Waals surface area contributed by atoms with E-state index >= 15 is 0 Å². The summed E-state index contributed by atoms with van der Waals surface area (Å²) in [5.74, 6) is 0.394.